The molecule has 8 heteroatoms. The van der Waals surface area contributed by atoms with Gasteiger partial charge in [0, 0.05) is 19.1 Å². The Morgan fingerprint density at radius 2 is 1.69 bits per heavy atom. The number of hydrogen-bond donors (Lipinski definition) is 1. The molecule has 0 saturated carbocycles. The van der Waals surface area contributed by atoms with Gasteiger partial charge >= 0.3 is 0 Å². The van der Waals surface area contributed by atoms with E-state index in [1.165, 1.54) is 4.90 Å². The highest BCUT2D eigenvalue weighted by molar-refractivity contribution is 5.94. The molecule has 1 fully saturated rings. The van der Waals surface area contributed by atoms with Crippen LogP contribution in [0.25, 0.3) is 0 Å². The Balaban J connectivity index is 1.51. The number of carbonyl (C=O) groups is 2. The summed E-state index contributed by atoms with van der Waals surface area (Å²) in [7, 11) is 1.57. The van der Waals surface area contributed by atoms with Crippen molar-refractivity contribution in [3.63, 3.8) is 0 Å². The second kappa shape index (κ2) is 8.98. The Hall–Kier alpha value is -3.03. The highest BCUT2D eigenvalue weighted by Gasteiger charge is 2.27. The van der Waals surface area contributed by atoms with Gasteiger partial charge in [-0.25, -0.2) is 13.2 Å². The molecule has 2 aromatic carbocycles. The molecule has 1 aliphatic rings. The van der Waals surface area contributed by atoms with Gasteiger partial charge in [-0.2, -0.15) is 0 Å². The molecule has 1 N–H and O–H groups in total. The fraction of sp³-hybridized carbons (Fsp3) is 0.333. The molecule has 1 saturated heterocycles. The van der Waals surface area contributed by atoms with Crippen molar-refractivity contribution in [3.05, 3.63) is 65.0 Å². The smallest absolute Gasteiger partial charge is 0.256 e. The van der Waals surface area contributed by atoms with E-state index in [1.807, 2.05) is 12.1 Å². The lowest BCUT2D eigenvalue weighted by Crippen LogP contribution is -2.47. The van der Waals surface area contributed by atoms with Crippen LogP contribution in [0.1, 0.15) is 28.8 Å². The summed E-state index contributed by atoms with van der Waals surface area (Å²) in [5, 5.41) is 2.93. The van der Waals surface area contributed by atoms with E-state index in [2.05, 4.69) is 5.32 Å². The van der Waals surface area contributed by atoms with Crippen molar-refractivity contribution in [2.75, 3.05) is 20.2 Å². The van der Waals surface area contributed by atoms with Crippen LogP contribution in [0.5, 0.6) is 5.75 Å². The number of ether oxygens (including phenoxy) is 1. The summed E-state index contributed by atoms with van der Waals surface area (Å²) in [5.41, 5.74) is 0.357. The zero-order valence-electron chi connectivity index (χ0n) is 15.9. The number of nitrogens with one attached hydrogen (secondary N) is 1. The van der Waals surface area contributed by atoms with Crippen LogP contribution in [0, 0.1) is 17.5 Å². The van der Waals surface area contributed by atoms with Gasteiger partial charge in [0.2, 0.25) is 5.91 Å². The van der Waals surface area contributed by atoms with Gasteiger partial charge in [0.25, 0.3) is 5.91 Å². The SMILES string of the molecule is COc1ccc(CC(=O)NC2CCN(C(=O)c3ccc(F)c(F)c3F)CC2)cc1. The van der Waals surface area contributed by atoms with Crippen LogP contribution in [0.3, 0.4) is 0 Å². The van der Waals surface area contributed by atoms with E-state index in [-0.39, 0.29) is 31.5 Å². The lowest BCUT2D eigenvalue weighted by atomic mass is 10.0. The number of piperidine rings is 1. The van der Waals surface area contributed by atoms with E-state index in [0.29, 0.717) is 18.6 Å². The molecule has 0 aromatic heterocycles. The van der Waals surface area contributed by atoms with Crippen LogP contribution in [-0.2, 0) is 11.2 Å². The summed E-state index contributed by atoms with van der Waals surface area (Å²) in [6.45, 7) is 0.565. The molecule has 3 rings (SSSR count). The molecule has 2 amide bonds. The zero-order chi connectivity index (χ0) is 21.0. The van der Waals surface area contributed by atoms with E-state index in [0.717, 1.165) is 17.7 Å². The van der Waals surface area contributed by atoms with Crippen LogP contribution < -0.4 is 10.1 Å². The van der Waals surface area contributed by atoms with E-state index in [1.54, 1.807) is 19.2 Å². The quantitative estimate of drug-likeness (QED) is 0.777. The standard InChI is InChI=1S/C21H21F3N2O3/c1-29-15-4-2-13(3-5-15)12-18(27)25-14-8-10-26(11-9-14)21(28)16-6-7-17(22)20(24)19(16)23/h2-7,14H,8-12H2,1H3,(H,25,27). The highest BCUT2D eigenvalue weighted by Crippen LogP contribution is 2.20. The van der Waals surface area contributed by atoms with Gasteiger partial charge in [-0.15, -0.1) is 0 Å². The first kappa shape index (κ1) is 20.7. The number of amides is 2. The second-order valence-corrected chi connectivity index (χ2v) is 6.88. The van der Waals surface area contributed by atoms with Crippen molar-refractivity contribution < 1.29 is 27.5 Å². The molecule has 0 aliphatic carbocycles. The molecule has 1 aliphatic heterocycles. The van der Waals surface area contributed by atoms with Gasteiger partial charge in [0.05, 0.1) is 19.1 Å². The number of hydrogen-bond acceptors (Lipinski definition) is 3. The first-order valence-electron chi connectivity index (χ1n) is 9.24. The normalized spacial score (nSPS) is 14.6. The van der Waals surface area contributed by atoms with Crippen molar-refractivity contribution in [1.82, 2.24) is 10.2 Å². The topological polar surface area (TPSA) is 58.6 Å². The fourth-order valence-corrected chi connectivity index (χ4v) is 3.30. The van der Waals surface area contributed by atoms with Gasteiger partial charge < -0.3 is 15.0 Å². The van der Waals surface area contributed by atoms with Gasteiger partial charge in [-0.05, 0) is 42.7 Å². The van der Waals surface area contributed by atoms with Crippen LogP contribution in [0.4, 0.5) is 13.2 Å². The van der Waals surface area contributed by atoms with Gasteiger partial charge in [0.15, 0.2) is 17.5 Å². The van der Waals surface area contributed by atoms with Crippen LogP contribution in [0.2, 0.25) is 0 Å². The maximum atomic E-state index is 13.8. The molecule has 0 bridgehead atoms. The molecule has 2 aromatic rings. The summed E-state index contributed by atoms with van der Waals surface area (Å²) in [5.74, 6) is -4.58. The third-order valence-corrected chi connectivity index (χ3v) is 4.94. The molecule has 1 heterocycles. The molecular weight excluding hydrogens is 385 g/mol. The van der Waals surface area contributed by atoms with Gasteiger partial charge in [-0.1, -0.05) is 12.1 Å². The van der Waals surface area contributed by atoms with Gasteiger partial charge in [-0.3, -0.25) is 9.59 Å². The fourth-order valence-electron chi connectivity index (χ4n) is 3.30. The molecule has 0 atom stereocenters. The summed E-state index contributed by atoms with van der Waals surface area (Å²) >= 11 is 0. The van der Waals surface area contributed by atoms with Crippen molar-refractivity contribution in [1.29, 1.82) is 0 Å². The second-order valence-electron chi connectivity index (χ2n) is 6.88. The van der Waals surface area contributed by atoms with Crippen molar-refractivity contribution in [3.8, 4) is 5.75 Å². The Morgan fingerprint density at radius 3 is 2.31 bits per heavy atom. The van der Waals surface area contributed by atoms with Crippen molar-refractivity contribution in [2.24, 2.45) is 0 Å². The monoisotopic (exact) mass is 406 g/mol. The van der Waals surface area contributed by atoms with Crippen LogP contribution >= 0.6 is 0 Å². The number of carbonyl (C=O) groups excluding carboxylic acids is 2. The molecule has 0 unspecified atom stereocenters. The lowest BCUT2D eigenvalue weighted by Gasteiger charge is -2.32. The molecule has 0 spiro atoms. The van der Waals surface area contributed by atoms with E-state index in [9.17, 15) is 22.8 Å². The molecule has 5 nitrogen and oxygen atoms in total. The minimum Gasteiger partial charge on any atom is -0.497 e. The van der Waals surface area contributed by atoms with Crippen LogP contribution in [0.15, 0.2) is 36.4 Å². The maximum Gasteiger partial charge on any atom is 0.256 e. The molecule has 29 heavy (non-hydrogen) atoms. The van der Waals surface area contributed by atoms with Crippen molar-refractivity contribution >= 4 is 11.8 Å². The average molecular weight is 406 g/mol. The largest absolute Gasteiger partial charge is 0.497 e. The molecule has 154 valence electrons. The summed E-state index contributed by atoms with van der Waals surface area (Å²) in [4.78, 5) is 26.0. The summed E-state index contributed by atoms with van der Waals surface area (Å²) in [6, 6.07) is 8.76. The number of rotatable bonds is 5. The Bertz CT molecular complexity index is 895. The first-order valence-corrected chi connectivity index (χ1v) is 9.24. The third kappa shape index (κ3) is 4.88. The van der Waals surface area contributed by atoms with E-state index >= 15 is 0 Å². The Kier molecular flexibility index (Phi) is 6.41. The number of methoxy groups -OCH3 is 1. The minimum atomic E-state index is -1.66. The number of nitrogens with zero attached hydrogens (tertiary/aromatic N) is 1. The maximum absolute atomic E-state index is 13.8. The Morgan fingerprint density at radius 1 is 1.03 bits per heavy atom. The number of benzene rings is 2. The van der Waals surface area contributed by atoms with E-state index < -0.39 is 28.9 Å². The summed E-state index contributed by atoms with van der Waals surface area (Å²) < 4.78 is 45.3. The van der Waals surface area contributed by atoms with Gasteiger partial charge in [0.1, 0.15) is 5.75 Å². The predicted octanol–water partition coefficient (Wildman–Crippen LogP) is 3.08. The summed E-state index contributed by atoms with van der Waals surface area (Å²) in [6.07, 6.45) is 1.21. The number of halogens is 3. The molecule has 0 radical (unpaired) electrons. The lowest BCUT2D eigenvalue weighted by molar-refractivity contribution is -0.121. The highest BCUT2D eigenvalue weighted by atomic mass is 19.2. The third-order valence-electron chi connectivity index (χ3n) is 4.94. The number of likely N-dealkylation sites (tertiary alicyclic amines) is 1. The zero-order valence-corrected chi connectivity index (χ0v) is 15.9. The molecular formula is C21H21F3N2O3. The van der Waals surface area contributed by atoms with E-state index in [4.69, 9.17) is 4.74 Å². The minimum absolute atomic E-state index is 0.111. The van der Waals surface area contributed by atoms with Crippen LogP contribution in [-0.4, -0.2) is 43.0 Å². The average Bonchev–Trinajstić information content (AvgIpc) is 2.73. The van der Waals surface area contributed by atoms with Crippen molar-refractivity contribution in [2.45, 2.75) is 25.3 Å². The first-order chi connectivity index (χ1) is 13.9. The predicted molar refractivity (Wildman–Crippen MR) is 100 cm³/mol. The Labute approximate surface area is 166 Å².